The van der Waals surface area contributed by atoms with Gasteiger partial charge in [0, 0.05) is 43.9 Å². The van der Waals surface area contributed by atoms with Gasteiger partial charge in [-0.3, -0.25) is 14.7 Å². The molecule has 2 aliphatic heterocycles. The van der Waals surface area contributed by atoms with Gasteiger partial charge in [-0.1, -0.05) is 18.2 Å². The first-order valence-corrected chi connectivity index (χ1v) is 11.8. The molecule has 0 spiro atoms. The molecule has 2 amide bonds. The van der Waals surface area contributed by atoms with Crippen molar-refractivity contribution in [3.63, 3.8) is 0 Å². The Labute approximate surface area is 188 Å². The lowest BCUT2D eigenvalue weighted by Crippen LogP contribution is -2.47. The number of aromatic nitrogens is 3. The first-order chi connectivity index (χ1) is 15.7. The second-order valence-electron chi connectivity index (χ2n) is 9.21. The topological polar surface area (TPSA) is 91.4 Å². The van der Waals surface area contributed by atoms with Gasteiger partial charge in [0.05, 0.1) is 0 Å². The Morgan fingerprint density at radius 1 is 0.906 bits per heavy atom. The number of rotatable bonds is 6. The van der Waals surface area contributed by atoms with Gasteiger partial charge in [0.15, 0.2) is 12.4 Å². The summed E-state index contributed by atoms with van der Waals surface area (Å²) in [6.45, 7) is 2.82. The van der Waals surface area contributed by atoms with Crippen LogP contribution >= 0.6 is 0 Å². The number of nitrogens with one attached hydrogen (secondary N) is 1. The van der Waals surface area contributed by atoms with E-state index in [1.54, 1.807) is 0 Å². The van der Waals surface area contributed by atoms with E-state index in [9.17, 15) is 9.59 Å². The molecule has 170 valence electrons. The maximum atomic E-state index is 13.0. The van der Waals surface area contributed by atoms with Crippen molar-refractivity contribution in [2.45, 2.75) is 50.4 Å². The number of likely N-dealkylation sites (tertiary alicyclic amines) is 2. The summed E-state index contributed by atoms with van der Waals surface area (Å²) in [7, 11) is 0. The summed E-state index contributed by atoms with van der Waals surface area (Å²) in [6.07, 6.45) is 5.72. The van der Waals surface area contributed by atoms with Crippen LogP contribution in [0, 0.1) is 5.92 Å². The van der Waals surface area contributed by atoms with Crippen LogP contribution in [0.5, 0.6) is 5.75 Å². The van der Waals surface area contributed by atoms with Crippen LogP contribution in [0.15, 0.2) is 30.3 Å². The molecule has 2 aromatic rings. The molecule has 1 saturated carbocycles. The molecule has 3 aliphatic rings. The van der Waals surface area contributed by atoms with Crippen LogP contribution in [0.1, 0.15) is 62.0 Å². The number of hydrogen-bond acceptors (Lipinski definition) is 5. The van der Waals surface area contributed by atoms with E-state index in [1.807, 2.05) is 40.1 Å². The Balaban J connectivity index is 1.05. The number of hydrogen-bond donors (Lipinski definition) is 1. The Morgan fingerprint density at radius 3 is 2.28 bits per heavy atom. The smallest absolute Gasteiger partial charge is 0.260 e. The highest BCUT2D eigenvalue weighted by Gasteiger charge is 2.34. The molecule has 1 aromatic heterocycles. The summed E-state index contributed by atoms with van der Waals surface area (Å²) in [5.74, 6) is 3.82. The molecule has 32 heavy (non-hydrogen) atoms. The van der Waals surface area contributed by atoms with E-state index in [2.05, 4.69) is 10.2 Å². The van der Waals surface area contributed by atoms with E-state index in [0.29, 0.717) is 30.7 Å². The third-order valence-electron chi connectivity index (χ3n) is 6.96. The molecule has 0 radical (unpaired) electrons. The highest BCUT2D eigenvalue weighted by molar-refractivity contribution is 5.80. The fourth-order valence-corrected chi connectivity index (χ4v) is 4.76. The van der Waals surface area contributed by atoms with Crippen LogP contribution < -0.4 is 4.74 Å². The van der Waals surface area contributed by atoms with Crippen LogP contribution in [0.2, 0.25) is 0 Å². The van der Waals surface area contributed by atoms with Crippen molar-refractivity contribution in [2.24, 2.45) is 5.92 Å². The van der Waals surface area contributed by atoms with E-state index >= 15 is 0 Å². The number of aromatic amines is 1. The second kappa shape index (κ2) is 9.30. The number of amides is 2. The summed E-state index contributed by atoms with van der Waals surface area (Å²) in [5.41, 5.74) is 0. The van der Waals surface area contributed by atoms with E-state index < -0.39 is 0 Å². The Bertz CT molecular complexity index is 926. The minimum Gasteiger partial charge on any atom is -0.484 e. The van der Waals surface area contributed by atoms with Crippen molar-refractivity contribution >= 4 is 11.8 Å². The normalized spacial score (nSPS) is 20.4. The molecular weight excluding hydrogens is 406 g/mol. The number of benzene rings is 1. The predicted molar refractivity (Wildman–Crippen MR) is 118 cm³/mol. The molecule has 8 nitrogen and oxygen atoms in total. The maximum Gasteiger partial charge on any atom is 0.260 e. The number of ether oxygens (including phenoxy) is 1. The SMILES string of the molecule is O=C(COc1ccccc1)N1CCC(C(=O)N2CCC(c3nc(C4CC4)n[nH]3)CC2)CC1. The monoisotopic (exact) mass is 437 g/mol. The van der Waals surface area contributed by atoms with E-state index in [0.717, 1.165) is 50.4 Å². The standard InChI is InChI=1S/C24H31N5O3/c30-21(16-32-20-4-2-1-3-5-20)28-12-10-19(11-13-28)24(31)29-14-8-18(9-15-29)23-25-22(26-27-23)17-6-7-17/h1-5,17-19H,6-16H2,(H,25,26,27). The zero-order chi connectivity index (χ0) is 21.9. The molecule has 1 aromatic carbocycles. The van der Waals surface area contributed by atoms with E-state index in [4.69, 9.17) is 9.72 Å². The van der Waals surface area contributed by atoms with Gasteiger partial charge in [-0.15, -0.1) is 0 Å². The third kappa shape index (κ3) is 4.79. The number of H-pyrrole nitrogens is 1. The summed E-state index contributed by atoms with van der Waals surface area (Å²) in [4.78, 5) is 34.0. The molecule has 0 unspecified atom stereocenters. The van der Waals surface area contributed by atoms with Crippen LogP contribution in [0.3, 0.4) is 0 Å². The summed E-state index contributed by atoms with van der Waals surface area (Å²) < 4.78 is 5.58. The van der Waals surface area contributed by atoms with Gasteiger partial charge in [0.1, 0.15) is 11.6 Å². The molecule has 5 rings (SSSR count). The van der Waals surface area contributed by atoms with Crippen molar-refractivity contribution in [2.75, 3.05) is 32.8 Å². The third-order valence-corrected chi connectivity index (χ3v) is 6.96. The lowest BCUT2D eigenvalue weighted by molar-refractivity contribution is -0.142. The first-order valence-electron chi connectivity index (χ1n) is 11.8. The highest BCUT2D eigenvalue weighted by Crippen LogP contribution is 2.38. The Hall–Kier alpha value is -2.90. The number of nitrogens with zero attached hydrogens (tertiary/aromatic N) is 4. The van der Waals surface area contributed by atoms with Gasteiger partial charge in [0.2, 0.25) is 5.91 Å². The molecule has 1 N–H and O–H groups in total. The van der Waals surface area contributed by atoms with Crippen LogP contribution in [0.4, 0.5) is 0 Å². The largest absolute Gasteiger partial charge is 0.484 e. The maximum absolute atomic E-state index is 13.0. The highest BCUT2D eigenvalue weighted by atomic mass is 16.5. The molecule has 3 heterocycles. The quantitative estimate of drug-likeness (QED) is 0.750. The van der Waals surface area contributed by atoms with Crippen molar-refractivity contribution in [3.05, 3.63) is 42.0 Å². The average molecular weight is 438 g/mol. The fraction of sp³-hybridized carbons (Fsp3) is 0.583. The van der Waals surface area contributed by atoms with Gasteiger partial charge < -0.3 is 14.5 Å². The Kier molecular flexibility index (Phi) is 6.10. The van der Waals surface area contributed by atoms with Gasteiger partial charge in [-0.05, 0) is 50.7 Å². The summed E-state index contributed by atoms with van der Waals surface area (Å²) in [6, 6.07) is 9.37. The van der Waals surface area contributed by atoms with Crippen LogP contribution in [0.25, 0.3) is 0 Å². The lowest BCUT2D eigenvalue weighted by Gasteiger charge is -2.37. The molecule has 0 atom stereocenters. The predicted octanol–water partition coefficient (Wildman–Crippen LogP) is 2.71. The first kappa shape index (κ1) is 21.0. The molecule has 3 fully saturated rings. The number of carbonyl (C=O) groups excluding carboxylic acids is 2. The lowest BCUT2D eigenvalue weighted by atomic mass is 9.91. The minimum absolute atomic E-state index is 0.0115. The number of piperidine rings is 2. The number of carbonyl (C=O) groups is 2. The van der Waals surface area contributed by atoms with Crippen molar-refractivity contribution in [1.29, 1.82) is 0 Å². The van der Waals surface area contributed by atoms with Gasteiger partial charge in [0.25, 0.3) is 5.91 Å². The van der Waals surface area contributed by atoms with Crippen molar-refractivity contribution < 1.29 is 14.3 Å². The van der Waals surface area contributed by atoms with Gasteiger partial charge in [-0.2, -0.15) is 5.10 Å². The van der Waals surface area contributed by atoms with Crippen molar-refractivity contribution in [3.8, 4) is 5.75 Å². The fourth-order valence-electron chi connectivity index (χ4n) is 4.76. The molecule has 0 bridgehead atoms. The van der Waals surface area contributed by atoms with E-state index in [-0.39, 0.29) is 24.3 Å². The molecule has 8 heteroatoms. The zero-order valence-electron chi connectivity index (χ0n) is 18.4. The van der Waals surface area contributed by atoms with Gasteiger partial charge in [-0.25, -0.2) is 4.98 Å². The molecule has 1 aliphatic carbocycles. The van der Waals surface area contributed by atoms with E-state index in [1.165, 1.54) is 12.8 Å². The molecule has 2 saturated heterocycles. The van der Waals surface area contributed by atoms with Crippen molar-refractivity contribution in [1.82, 2.24) is 25.0 Å². The summed E-state index contributed by atoms with van der Waals surface area (Å²) >= 11 is 0. The van der Waals surface area contributed by atoms with Gasteiger partial charge >= 0.3 is 0 Å². The average Bonchev–Trinajstić information content (AvgIpc) is 3.59. The van der Waals surface area contributed by atoms with Crippen LogP contribution in [-0.4, -0.2) is 69.6 Å². The minimum atomic E-state index is -0.0156. The molecular formula is C24H31N5O3. The summed E-state index contributed by atoms with van der Waals surface area (Å²) in [5, 5.41) is 7.50. The Morgan fingerprint density at radius 2 is 1.59 bits per heavy atom. The number of para-hydroxylation sites is 1. The second-order valence-corrected chi connectivity index (χ2v) is 9.21. The van der Waals surface area contributed by atoms with Crippen LogP contribution in [-0.2, 0) is 9.59 Å². The zero-order valence-corrected chi connectivity index (χ0v) is 18.4.